The van der Waals surface area contributed by atoms with Gasteiger partial charge in [0.05, 0.1) is 10.8 Å². The summed E-state index contributed by atoms with van der Waals surface area (Å²) in [6.45, 7) is 2.66. The van der Waals surface area contributed by atoms with Crippen LogP contribution in [0.1, 0.15) is 19.8 Å². The van der Waals surface area contributed by atoms with Crippen molar-refractivity contribution in [1.29, 1.82) is 0 Å². The molecule has 0 spiro atoms. The number of rotatable bonds is 5. The van der Waals surface area contributed by atoms with Crippen LogP contribution in [-0.2, 0) is 15.6 Å². The Bertz CT molecular complexity index is 455. The molecule has 1 aromatic carbocycles. The predicted octanol–water partition coefficient (Wildman–Crippen LogP) is 1.39. The molecule has 0 aromatic heterocycles. The van der Waals surface area contributed by atoms with E-state index >= 15 is 0 Å². The Morgan fingerprint density at radius 1 is 1.39 bits per heavy atom. The van der Waals surface area contributed by atoms with Gasteiger partial charge in [-0.05, 0) is 44.0 Å². The number of carbonyl (C=O) groups is 1. The molecule has 0 radical (unpaired) electrons. The molecule has 5 heteroatoms. The van der Waals surface area contributed by atoms with E-state index in [1.165, 1.54) is 0 Å². The number of hydrogen-bond acceptors (Lipinski definition) is 3. The number of nitrogen functional groups attached to an aromatic ring is 1. The summed E-state index contributed by atoms with van der Waals surface area (Å²) in [4.78, 5) is 14.5. The highest BCUT2D eigenvalue weighted by Crippen LogP contribution is 2.26. The van der Waals surface area contributed by atoms with E-state index in [0.717, 1.165) is 12.8 Å². The molecule has 2 N–H and O–H groups in total. The van der Waals surface area contributed by atoms with Crippen LogP contribution >= 0.6 is 0 Å². The number of anilines is 1. The van der Waals surface area contributed by atoms with Crippen molar-refractivity contribution in [3.8, 4) is 0 Å². The molecule has 0 saturated heterocycles. The van der Waals surface area contributed by atoms with Gasteiger partial charge in [-0.15, -0.1) is 0 Å². The summed E-state index contributed by atoms with van der Waals surface area (Å²) < 4.78 is 12.1. The molecule has 1 aliphatic carbocycles. The fourth-order valence-electron chi connectivity index (χ4n) is 1.92. The fraction of sp³-hybridized carbons (Fsp3) is 0.462. The zero-order chi connectivity index (χ0) is 13.1. The number of amides is 1. The quantitative estimate of drug-likeness (QED) is 0.819. The molecule has 1 amide bonds. The molecule has 4 nitrogen and oxygen atoms in total. The van der Waals surface area contributed by atoms with Crippen LogP contribution in [0.5, 0.6) is 0 Å². The Morgan fingerprint density at radius 2 is 2.00 bits per heavy atom. The van der Waals surface area contributed by atoms with E-state index in [1.54, 1.807) is 24.3 Å². The molecule has 1 aliphatic rings. The number of benzene rings is 1. The van der Waals surface area contributed by atoms with Gasteiger partial charge in [-0.25, -0.2) is 0 Å². The largest absolute Gasteiger partial charge is 0.399 e. The Labute approximate surface area is 110 Å². The smallest absolute Gasteiger partial charge is 0.235 e. The van der Waals surface area contributed by atoms with Crippen LogP contribution in [0.3, 0.4) is 0 Å². The van der Waals surface area contributed by atoms with Crippen molar-refractivity contribution in [2.75, 3.05) is 18.0 Å². The number of nitrogens with two attached hydrogens (primary N) is 1. The summed E-state index contributed by atoms with van der Waals surface area (Å²) in [5, 5.41) is 0. The average molecular weight is 266 g/mol. The second kappa shape index (κ2) is 5.52. The van der Waals surface area contributed by atoms with Gasteiger partial charge in [-0.2, -0.15) is 0 Å². The van der Waals surface area contributed by atoms with Crippen molar-refractivity contribution >= 4 is 22.4 Å². The lowest BCUT2D eigenvalue weighted by molar-refractivity contribution is -0.128. The molecule has 1 aromatic rings. The van der Waals surface area contributed by atoms with Crippen molar-refractivity contribution in [3.05, 3.63) is 24.3 Å². The lowest BCUT2D eigenvalue weighted by atomic mass is 10.3. The van der Waals surface area contributed by atoms with E-state index in [-0.39, 0.29) is 11.7 Å². The molecule has 98 valence electrons. The minimum absolute atomic E-state index is 0.0184. The van der Waals surface area contributed by atoms with E-state index in [0.29, 0.717) is 23.2 Å². The van der Waals surface area contributed by atoms with Crippen molar-refractivity contribution < 1.29 is 9.00 Å². The molecule has 0 aliphatic heterocycles. The highest BCUT2D eigenvalue weighted by Gasteiger charge is 2.31. The summed E-state index contributed by atoms with van der Waals surface area (Å²) in [5.41, 5.74) is 6.21. The van der Waals surface area contributed by atoms with Gasteiger partial charge in [0, 0.05) is 23.2 Å². The van der Waals surface area contributed by atoms with Crippen LogP contribution in [0.2, 0.25) is 0 Å². The predicted molar refractivity (Wildman–Crippen MR) is 72.5 cm³/mol. The van der Waals surface area contributed by atoms with Crippen molar-refractivity contribution in [1.82, 2.24) is 4.90 Å². The van der Waals surface area contributed by atoms with Gasteiger partial charge in [0.15, 0.2) is 0 Å². The van der Waals surface area contributed by atoms with Crippen molar-refractivity contribution in [3.63, 3.8) is 0 Å². The summed E-state index contributed by atoms with van der Waals surface area (Å²) >= 11 is 0. The minimum Gasteiger partial charge on any atom is -0.399 e. The maximum Gasteiger partial charge on any atom is 0.235 e. The Morgan fingerprint density at radius 3 is 2.50 bits per heavy atom. The maximum atomic E-state index is 12.1. The van der Waals surface area contributed by atoms with Gasteiger partial charge in [0.1, 0.15) is 5.75 Å². The lowest BCUT2D eigenvalue weighted by Gasteiger charge is -2.19. The monoisotopic (exact) mass is 266 g/mol. The van der Waals surface area contributed by atoms with E-state index in [1.807, 2.05) is 11.8 Å². The molecule has 0 bridgehead atoms. The van der Waals surface area contributed by atoms with E-state index in [2.05, 4.69) is 0 Å². The number of nitrogens with zero attached hydrogens (tertiary/aromatic N) is 1. The Hall–Kier alpha value is -1.36. The zero-order valence-electron chi connectivity index (χ0n) is 10.5. The molecule has 1 unspecified atom stereocenters. The molecular formula is C13H18N2O2S. The van der Waals surface area contributed by atoms with Gasteiger partial charge in [0.2, 0.25) is 5.91 Å². The first kappa shape index (κ1) is 13.1. The topological polar surface area (TPSA) is 63.4 Å². The fourth-order valence-corrected chi connectivity index (χ4v) is 2.92. The van der Waals surface area contributed by atoms with Crippen LogP contribution < -0.4 is 5.73 Å². The third-order valence-corrected chi connectivity index (χ3v) is 4.35. The van der Waals surface area contributed by atoms with E-state index < -0.39 is 10.8 Å². The van der Waals surface area contributed by atoms with Gasteiger partial charge in [-0.1, -0.05) is 0 Å². The highest BCUT2D eigenvalue weighted by molar-refractivity contribution is 7.85. The first-order valence-corrected chi connectivity index (χ1v) is 7.47. The third-order valence-electron chi connectivity index (χ3n) is 3.05. The van der Waals surface area contributed by atoms with Gasteiger partial charge < -0.3 is 10.6 Å². The Kier molecular flexibility index (Phi) is 4.01. The summed E-state index contributed by atoms with van der Waals surface area (Å²) in [5.74, 6) is 0.0454. The Balaban J connectivity index is 1.98. The summed E-state index contributed by atoms with van der Waals surface area (Å²) in [6, 6.07) is 7.22. The second-order valence-corrected chi connectivity index (χ2v) is 5.92. The first-order valence-electron chi connectivity index (χ1n) is 6.15. The molecule has 2 rings (SSSR count). The summed E-state index contributed by atoms with van der Waals surface area (Å²) in [6.07, 6.45) is 2.15. The molecule has 18 heavy (non-hydrogen) atoms. The maximum absolute atomic E-state index is 12.1. The third kappa shape index (κ3) is 3.10. The van der Waals surface area contributed by atoms with E-state index in [9.17, 15) is 9.00 Å². The molecule has 1 saturated carbocycles. The first-order chi connectivity index (χ1) is 8.61. The molecule has 0 heterocycles. The standard InChI is InChI=1S/C13H18N2O2S/c1-2-15(11-5-6-11)13(16)9-18(17)12-7-3-10(14)4-8-12/h3-4,7-8,11H,2,5-6,9,14H2,1H3. The average Bonchev–Trinajstić information content (AvgIpc) is 3.15. The van der Waals surface area contributed by atoms with Crippen LogP contribution in [-0.4, -0.2) is 33.4 Å². The van der Waals surface area contributed by atoms with Crippen molar-refractivity contribution in [2.45, 2.75) is 30.7 Å². The molecule has 1 atom stereocenters. The van der Waals surface area contributed by atoms with E-state index in [4.69, 9.17) is 5.73 Å². The zero-order valence-corrected chi connectivity index (χ0v) is 11.3. The van der Waals surface area contributed by atoms with Crippen LogP contribution in [0.4, 0.5) is 5.69 Å². The van der Waals surface area contributed by atoms with Crippen LogP contribution in [0.15, 0.2) is 29.2 Å². The number of carbonyl (C=O) groups excluding carboxylic acids is 1. The van der Waals surface area contributed by atoms with Gasteiger partial charge in [0.25, 0.3) is 0 Å². The lowest BCUT2D eigenvalue weighted by Crippen LogP contribution is -2.36. The van der Waals surface area contributed by atoms with Gasteiger partial charge in [-0.3, -0.25) is 9.00 Å². The molecule has 1 fully saturated rings. The van der Waals surface area contributed by atoms with Crippen LogP contribution in [0, 0.1) is 0 Å². The normalized spacial score (nSPS) is 16.3. The second-order valence-electron chi connectivity index (χ2n) is 4.47. The molecular weight excluding hydrogens is 248 g/mol. The highest BCUT2D eigenvalue weighted by atomic mass is 32.2. The summed E-state index contributed by atoms with van der Waals surface area (Å²) in [7, 11) is -1.28. The van der Waals surface area contributed by atoms with Crippen LogP contribution in [0.25, 0.3) is 0 Å². The number of hydrogen-bond donors (Lipinski definition) is 1. The van der Waals surface area contributed by atoms with Gasteiger partial charge >= 0.3 is 0 Å². The van der Waals surface area contributed by atoms with Crippen molar-refractivity contribution in [2.24, 2.45) is 0 Å². The SMILES string of the molecule is CCN(C(=O)CS(=O)c1ccc(N)cc1)C1CC1. The minimum atomic E-state index is -1.28.